The number of hydrogen-bond donors (Lipinski definition) is 0. The molecule has 0 aromatic carbocycles. The predicted molar refractivity (Wildman–Crippen MR) is 55.9 cm³/mol. The van der Waals surface area contributed by atoms with E-state index in [4.69, 9.17) is 0 Å². The van der Waals surface area contributed by atoms with E-state index in [0.717, 1.165) is 5.69 Å². The number of aryl methyl sites for hydroxylation is 2. The summed E-state index contributed by atoms with van der Waals surface area (Å²) in [6, 6.07) is 2.09. The van der Waals surface area contributed by atoms with Crippen LogP contribution in [0.2, 0.25) is 0 Å². The minimum absolute atomic E-state index is 1.08. The average molecular weight is 176 g/mol. The van der Waals surface area contributed by atoms with Gasteiger partial charge in [-0.3, -0.25) is 4.98 Å². The van der Waals surface area contributed by atoms with Crippen LogP contribution in [0.15, 0.2) is 24.7 Å². The van der Waals surface area contributed by atoms with Gasteiger partial charge < -0.3 is 4.57 Å². The van der Waals surface area contributed by atoms with E-state index in [2.05, 4.69) is 18.0 Å². The molecule has 2 rings (SSSR count). The molecule has 0 aromatic rings. The quantitative estimate of drug-likeness (QED) is 0.603. The Hall–Kier alpha value is -1.31. The van der Waals surface area contributed by atoms with Crippen molar-refractivity contribution < 1.29 is 0 Å². The molecule has 0 saturated heterocycles. The highest BCUT2D eigenvalue weighted by atomic mass is 14.9. The molecule has 2 aliphatic heterocycles. The molecule has 13 heavy (non-hydrogen) atoms. The molecule has 0 atom stereocenters. The molecule has 0 aromatic heterocycles. The topological polar surface area (TPSA) is 17.8 Å². The zero-order valence-electron chi connectivity index (χ0n) is 8.70. The summed E-state index contributed by atoms with van der Waals surface area (Å²) >= 11 is 0. The Morgan fingerprint density at radius 2 is 2.00 bits per heavy atom. The maximum absolute atomic E-state index is 4.26. The van der Waals surface area contributed by atoms with Gasteiger partial charge >= 0.3 is 0 Å². The van der Waals surface area contributed by atoms with Gasteiger partial charge in [0.25, 0.3) is 0 Å². The summed E-state index contributed by atoms with van der Waals surface area (Å²) in [6.45, 7) is 6.08. The van der Waals surface area contributed by atoms with Crippen LogP contribution in [0.3, 0.4) is 0 Å². The van der Waals surface area contributed by atoms with E-state index < -0.39 is 0 Å². The van der Waals surface area contributed by atoms with Crippen molar-refractivity contribution in [1.29, 1.82) is 0 Å². The molecule has 2 heterocycles. The number of fused-ring (bicyclic) bond motifs is 1. The van der Waals surface area contributed by atoms with Crippen molar-refractivity contribution in [3.8, 4) is 11.3 Å². The van der Waals surface area contributed by atoms with Gasteiger partial charge in [-0.2, -0.15) is 0 Å². The smallest absolute Gasteiger partial charge is 0.0867 e. The van der Waals surface area contributed by atoms with E-state index in [1.54, 1.807) is 0 Å². The standard InChI is InChI=1S/C9H10N2.C2H6/c1-7-5-10-9-6-11(2)4-3-8(7)9;1-2/h3-6H,1-2H3;1-2H3. The Kier molecular flexibility index (Phi) is 3.07. The number of rotatable bonds is 0. The fraction of sp³-hybridized carbons (Fsp3) is 0.364. The molecule has 2 heteroatoms. The predicted octanol–water partition coefficient (Wildman–Crippen LogP) is 2.86. The molecule has 0 spiro atoms. The highest BCUT2D eigenvalue weighted by molar-refractivity contribution is 5.64. The summed E-state index contributed by atoms with van der Waals surface area (Å²) in [4.78, 5) is 4.26. The fourth-order valence-electron chi connectivity index (χ4n) is 1.26. The van der Waals surface area contributed by atoms with Crippen LogP contribution in [0, 0.1) is 6.92 Å². The average Bonchev–Trinajstić information content (AvgIpc) is 2.51. The van der Waals surface area contributed by atoms with E-state index in [1.807, 2.05) is 44.1 Å². The molecule has 0 radical (unpaired) electrons. The molecular weight excluding hydrogens is 160 g/mol. The number of pyridine rings is 1. The maximum atomic E-state index is 4.26. The summed E-state index contributed by atoms with van der Waals surface area (Å²) in [5.41, 5.74) is 3.58. The second-order valence-corrected chi connectivity index (χ2v) is 2.85. The summed E-state index contributed by atoms with van der Waals surface area (Å²) in [6.07, 6.45) is 5.98. The van der Waals surface area contributed by atoms with E-state index in [1.165, 1.54) is 11.1 Å². The SMILES string of the molecule is CC.Cc1cnc2cn(C)ccc1-2. The van der Waals surface area contributed by atoms with Gasteiger partial charge in [-0.05, 0) is 18.6 Å². The Bertz CT molecular complexity index is 349. The Labute approximate surface area is 79.6 Å². The Morgan fingerprint density at radius 3 is 2.69 bits per heavy atom. The molecule has 0 aliphatic carbocycles. The second-order valence-electron chi connectivity index (χ2n) is 2.85. The van der Waals surface area contributed by atoms with Gasteiger partial charge in [0.15, 0.2) is 0 Å². The van der Waals surface area contributed by atoms with Gasteiger partial charge in [0, 0.05) is 31.2 Å². The van der Waals surface area contributed by atoms with Crippen LogP contribution < -0.4 is 0 Å². The van der Waals surface area contributed by atoms with Crippen LogP contribution in [-0.4, -0.2) is 9.55 Å². The molecule has 2 nitrogen and oxygen atoms in total. The van der Waals surface area contributed by atoms with Crippen LogP contribution in [-0.2, 0) is 7.05 Å². The fourth-order valence-corrected chi connectivity index (χ4v) is 1.26. The Balaban J connectivity index is 0.000000396. The van der Waals surface area contributed by atoms with Gasteiger partial charge in [-0.1, -0.05) is 13.8 Å². The number of aromatic nitrogens is 2. The summed E-state index contributed by atoms with van der Waals surface area (Å²) in [5.74, 6) is 0. The van der Waals surface area contributed by atoms with Crippen LogP contribution >= 0.6 is 0 Å². The molecule has 0 unspecified atom stereocenters. The maximum Gasteiger partial charge on any atom is 0.0867 e. The second kappa shape index (κ2) is 4.08. The lowest BCUT2D eigenvalue weighted by Gasteiger charge is -2.01. The molecule has 0 amide bonds. The number of hydrogen-bond acceptors (Lipinski definition) is 1. The molecule has 0 saturated carbocycles. The largest absolute Gasteiger partial charge is 0.355 e. The van der Waals surface area contributed by atoms with Crippen molar-refractivity contribution in [2.24, 2.45) is 7.05 Å². The first-order chi connectivity index (χ1) is 6.27. The zero-order chi connectivity index (χ0) is 9.84. The lowest BCUT2D eigenvalue weighted by Crippen LogP contribution is -1.90. The molecular formula is C11H16N2. The highest BCUT2D eigenvalue weighted by Gasteiger charge is 2.05. The zero-order valence-corrected chi connectivity index (χ0v) is 8.70. The highest BCUT2D eigenvalue weighted by Crippen LogP contribution is 2.22. The van der Waals surface area contributed by atoms with E-state index in [-0.39, 0.29) is 0 Å². The van der Waals surface area contributed by atoms with Gasteiger partial charge in [0.05, 0.1) is 5.69 Å². The summed E-state index contributed by atoms with van der Waals surface area (Å²) in [5, 5.41) is 0. The first-order valence-electron chi connectivity index (χ1n) is 4.64. The lowest BCUT2D eigenvalue weighted by atomic mass is 10.1. The minimum Gasteiger partial charge on any atom is -0.355 e. The third kappa shape index (κ3) is 1.89. The van der Waals surface area contributed by atoms with E-state index in [9.17, 15) is 0 Å². The van der Waals surface area contributed by atoms with Crippen LogP contribution in [0.25, 0.3) is 11.3 Å². The van der Waals surface area contributed by atoms with Crippen LogP contribution in [0.4, 0.5) is 0 Å². The first-order valence-corrected chi connectivity index (χ1v) is 4.64. The molecule has 0 bridgehead atoms. The third-order valence-electron chi connectivity index (χ3n) is 1.90. The molecule has 0 fully saturated rings. The van der Waals surface area contributed by atoms with Crippen molar-refractivity contribution >= 4 is 0 Å². The van der Waals surface area contributed by atoms with Gasteiger partial charge in [-0.25, -0.2) is 0 Å². The van der Waals surface area contributed by atoms with E-state index in [0.29, 0.717) is 0 Å². The number of nitrogens with zero attached hydrogens (tertiary/aromatic N) is 2. The van der Waals surface area contributed by atoms with Gasteiger partial charge in [0.2, 0.25) is 0 Å². The molecule has 0 N–H and O–H groups in total. The van der Waals surface area contributed by atoms with Crippen molar-refractivity contribution in [2.45, 2.75) is 20.8 Å². The minimum atomic E-state index is 1.08. The van der Waals surface area contributed by atoms with Gasteiger partial charge in [0.1, 0.15) is 0 Å². The van der Waals surface area contributed by atoms with Crippen molar-refractivity contribution in [2.75, 3.05) is 0 Å². The van der Waals surface area contributed by atoms with Crippen molar-refractivity contribution in [1.82, 2.24) is 9.55 Å². The van der Waals surface area contributed by atoms with Gasteiger partial charge in [-0.15, -0.1) is 0 Å². The summed E-state index contributed by atoms with van der Waals surface area (Å²) in [7, 11) is 2.00. The first kappa shape index (κ1) is 9.78. The Morgan fingerprint density at radius 1 is 1.31 bits per heavy atom. The molecule has 70 valence electrons. The van der Waals surface area contributed by atoms with Crippen LogP contribution in [0.1, 0.15) is 19.4 Å². The van der Waals surface area contributed by atoms with Crippen molar-refractivity contribution in [3.63, 3.8) is 0 Å². The van der Waals surface area contributed by atoms with Crippen molar-refractivity contribution in [3.05, 3.63) is 30.2 Å². The monoisotopic (exact) mass is 176 g/mol. The molecule has 2 aliphatic rings. The normalized spacial score (nSPS) is 9.54. The third-order valence-corrected chi connectivity index (χ3v) is 1.90. The van der Waals surface area contributed by atoms with E-state index >= 15 is 0 Å². The lowest BCUT2D eigenvalue weighted by molar-refractivity contribution is 0.901. The summed E-state index contributed by atoms with van der Waals surface area (Å²) < 4.78 is 2.01. The van der Waals surface area contributed by atoms with Crippen LogP contribution in [0.5, 0.6) is 0 Å².